The number of nitrogens with one attached hydrogen (secondary N) is 1. The van der Waals surface area contributed by atoms with E-state index in [1.54, 1.807) is 0 Å². The van der Waals surface area contributed by atoms with Crippen LogP contribution in [-0.4, -0.2) is 27.2 Å². The molecule has 0 saturated heterocycles. The minimum atomic E-state index is 0.142. The zero-order valence-corrected chi connectivity index (χ0v) is 12.7. The number of ether oxygens (including phenoxy) is 1. The van der Waals surface area contributed by atoms with Crippen LogP contribution in [0.2, 0.25) is 0 Å². The fourth-order valence-electron chi connectivity index (χ4n) is 2.73. The molecule has 1 aliphatic rings. The van der Waals surface area contributed by atoms with Gasteiger partial charge in [-0.3, -0.25) is 0 Å². The average molecular weight is 282 g/mol. The molecule has 1 unspecified atom stereocenters. The Morgan fingerprint density at radius 3 is 2.62 bits per heavy atom. The number of hydrogen-bond acceptors (Lipinski definition) is 3. The summed E-state index contributed by atoms with van der Waals surface area (Å²) in [5.74, 6) is 0. The SMILES string of the molecule is CN(C)c1ccc(NCC2OCCc3ccccc32)cc1. The number of nitrogens with zero attached hydrogens (tertiary/aromatic N) is 1. The Bertz CT molecular complexity index is 592. The lowest BCUT2D eigenvalue weighted by Crippen LogP contribution is -2.22. The fourth-order valence-corrected chi connectivity index (χ4v) is 2.73. The van der Waals surface area contributed by atoms with Crippen LogP contribution in [-0.2, 0) is 11.2 Å². The van der Waals surface area contributed by atoms with Gasteiger partial charge in [0, 0.05) is 32.0 Å². The summed E-state index contributed by atoms with van der Waals surface area (Å²) >= 11 is 0. The van der Waals surface area contributed by atoms with Crippen LogP contribution in [0.4, 0.5) is 11.4 Å². The monoisotopic (exact) mass is 282 g/mol. The van der Waals surface area contributed by atoms with Crippen LogP contribution >= 0.6 is 0 Å². The third kappa shape index (κ3) is 3.19. The largest absolute Gasteiger partial charge is 0.382 e. The highest BCUT2D eigenvalue weighted by molar-refractivity contribution is 5.54. The van der Waals surface area contributed by atoms with Crippen molar-refractivity contribution >= 4 is 11.4 Å². The minimum absolute atomic E-state index is 0.142. The summed E-state index contributed by atoms with van der Waals surface area (Å²) in [4.78, 5) is 2.10. The predicted octanol–water partition coefficient (Wildman–Crippen LogP) is 3.48. The van der Waals surface area contributed by atoms with Gasteiger partial charge in [0.2, 0.25) is 0 Å². The molecule has 1 heterocycles. The second kappa shape index (κ2) is 6.19. The van der Waals surface area contributed by atoms with Gasteiger partial charge >= 0.3 is 0 Å². The van der Waals surface area contributed by atoms with Crippen LogP contribution in [0.1, 0.15) is 17.2 Å². The first-order valence-electron chi connectivity index (χ1n) is 7.45. The van der Waals surface area contributed by atoms with Crippen LogP contribution in [0, 0.1) is 0 Å². The molecule has 1 aliphatic heterocycles. The minimum Gasteiger partial charge on any atom is -0.382 e. The van der Waals surface area contributed by atoms with Gasteiger partial charge in [-0.15, -0.1) is 0 Å². The van der Waals surface area contributed by atoms with E-state index in [0.29, 0.717) is 0 Å². The van der Waals surface area contributed by atoms with E-state index >= 15 is 0 Å². The van der Waals surface area contributed by atoms with E-state index < -0.39 is 0 Å². The highest BCUT2D eigenvalue weighted by atomic mass is 16.5. The first-order valence-corrected chi connectivity index (χ1v) is 7.45. The van der Waals surface area contributed by atoms with E-state index in [0.717, 1.165) is 25.3 Å². The van der Waals surface area contributed by atoms with Crippen molar-refractivity contribution in [1.82, 2.24) is 0 Å². The molecule has 3 rings (SSSR count). The number of hydrogen-bond donors (Lipinski definition) is 1. The maximum Gasteiger partial charge on any atom is 0.0999 e. The van der Waals surface area contributed by atoms with Gasteiger partial charge in [-0.2, -0.15) is 0 Å². The number of anilines is 2. The van der Waals surface area contributed by atoms with E-state index in [-0.39, 0.29) is 6.10 Å². The Morgan fingerprint density at radius 1 is 1.10 bits per heavy atom. The molecule has 0 aliphatic carbocycles. The van der Waals surface area contributed by atoms with Crippen molar-refractivity contribution in [1.29, 1.82) is 0 Å². The molecular weight excluding hydrogens is 260 g/mol. The molecule has 110 valence electrons. The fraction of sp³-hybridized carbons (Fsp3) is 0.333. The van der Waals surface area contributed by atoms with E-state index in [2.05, 4.69) is 72.8 Å². The third-order valence-electron chi connectivity index (χ3n) is 3.97. The quantitative estimate of drug-likeness (QED) is 0.929. The smallest absolute Gasteiger partial charge is 0.0999 e. The molecule has 0 spiro atoms. The maximum atomic E-state index is 5.92. The van der Waals surface area contributed by atoms with Gasteiger partial charge < -0.3 is 15.0 Å². The predicted molar refractivity (Wildman–Crippen MR) is 88.1 cm³/mol. The normalized spacial score (nSPS) is 17.1. The summed E-state index contributed by atoms with van der Waals surface area (Å²) < 4.78 is 5.92. The van der Waals surface area contributed by atoms with Crippen molar-refractivity contribution in [2.45, 2.75) is 12.5 Å². The number of rotatable bonds is 4. The summed E-state index contributed by atoms with van der Waals surface area (Å²) in [5.41, 5.74) is 5.08. The lowest BCUT2D eigenvalue weighted by Gasteiger charge is -2.26. The Labute approximate surface area is 126 Å². The summed E-state index contributed by atoms with van der Waals surface area (Å²) in [5, 5.41) is 3.48. The molecule has 0 radical (unpaired) electrons. The zero-order valence-electron chi connectivity index (χ0n) is 12.7. The van der Waals surface area contributed by atoms with Crippen LogP contribution in [0.5, 0.6) is 0 Å². The Morgan fingerprint density at radius 2 is 1.86 bits per heavy atom. The van der Waals surface area contributed by atoms with Crippen molar-refractivity contribution in [3.05, 3.63) is 59.7 Å². The standard InChI is InChI=1S/C18H22N2O/c1-20(2)16-9-7-15(8-10-16)19-13-18-17-6-4-3-5-14(17)11-12-21-18/h3-10,18-19H,11-13H2,1-2H3. The Kier molecular flexibility index (Phi) is 4.11. The first-order chi connectivity index (χ1) is 10.2. The van der Waals surface area contributed by atoms with Gasteiger partial charge in [0.05, 0.1) is 12.7 Å². The van der Waals surface area contributed by atoms with Crippen LogP contribution in [0.25, 0.3) is 0 Å². The van der Waals surface area contributed by atoms with Gasteiger partial charge in [0.1, 0.15) is 0 Å². The highest BCUT2D eigenvalue weighted by Crippen LogP contribution is 2.27. The summed E-state index contributed by atoms with van der Waals surface area (Å²) in [6, 6.07) is 17.1. The number of fused-ring (bicyclic) bond motifs is 1. The van der Waals surface area contributed by atoms with Crippen molar-refractivity contribution < 1.29 is 4.74 Å². The molecule has 1 N–H and O–H groups in total. The summed E-state index contributed by atoms with van der Waals surface area (Å²) in [6.45, 7) is 1.61. The lowest BCUT2D eigenvalue weighted by atomic mass is 9.97. The Hall–Kier alpha value is -2.00. The van der Waals surface area contributed by atoms with Crippen molar-refractivity contribution in [3.8, 4) is 0 Å². The molecule has 0 saturated carbocycles. The molecule has 0 bridgehead atoms. The molecule has 0 aromatic heterocycles. The molecule has 3 heteroatoms. The summed E-state index contributed by atoms with van der Waals surface area (Å²) in [7, 11) is 4.10. The molecule has 2 aromatic carbocycles. The van der Waals surface area contributed by atoms with Crippen molar-refractivity contribution in [2.75, 3.05) is 37.5 Å². The summed E-state index contributed by atoms with van der Waals surface area (Å²) in [6.07, 6.45) is 1.16. The van der Waals surface area contributed by atoms with Crippen LogP contribution < -0.4 is 10.2 Å². The van der Waals surface area contributed by atoms with Crippen LogP contribution in [0.3, 0.4) is 0 Å². The molecule has 21 heavy (non-hydrogen) atoms. The van der Waals surface area contributed by atoms with Crippen molar-refractivity contribution in [3.63, 3.8) is 0 Å². The zero-order chi connectivity index (χ0) is 14.7. The molecule has 0 amide bonds. The molecule has 2 aromatic rings. The number of benzene rings is 2. The van der Waals surface area contributed by atoms with Crippen LogP contribution in [0.15, 0.2) is 48.5 Å². The topological polar surface area (TPSA) is 24.5 Å². The van der Waals surface area contributed by atoms with Gasteiger partial charge in [-0.25, -0.2) is 0 Å². The highest BCUT2D eigenvalue weighted by Gasteiger charge is 2.19. The second-order valence-corrected chi connectivity index (χ2v) is 5.63. The van der Waals surface area contributed by atoms with Gasteiger partial charge in [0.25, 0.3) is 0 Å². The second-order valence-electron chi connectivity index (χ2n) is 5.63. The third-order valence-corrected chi connectivity index (χ3v) is 3.97. The lowest BCUT2D eigenvalue weighted by molar-refractivity contribution is 0.0513. The molecule has 3 nitrogen and oxygen atoms in total. The average Bonchev–Trinajstić information content (AvgIpc) is 2.53. The van der Waals surface area contributed by atoms with E-state index in [9.17, 15) is 0 Å². The molecular formula is C18H22N2O. The van der Waals surface area contributed by atoms with E-state index in [4.69, 9.17) is 4.74 Å². The van der Waals surface area contributed by atoms with E-state index in [1.165, 1.54) is 16.8 Å². The van der Waals surface area contributed by atoms with Gasteiger partial charge in [-0.05, 0) is 41.8 Å². The maximum absolute atomic E-state index is 5.92. The van der Waals surface area contributed by atoms with Gasteiger partial charge in [0.15, 0.2) is 0 Å². The first kappa shape index (κ1) is 14.0. The molecule has 1 atom stereocenters. The van der Waals surface area contributed by atoms with Gasteiger partial charge in [-0.1, -0.05) is 24.3 Å². The van der Waals surface area contributed by atoms with E-state index in [1.807, 2.05) is 0 Å². The van der Waals surface area contributed by atoms with Crippen molar-refractivity contribution in [2.24, 2.45) is 0 Å². The molecule has 0 fully saturated rings. The Balaban J connectivity index is 1.66.